The molecule has 3 rings (SSSR count). The lowest BCUT2D eigenvalue weighted by molar-refractivity contribution is -0.134. The van der Waals surface area contributed by atoms with Gasteiger partial charge >= 0.3 is 0 Å². The van der Waals surface area contributed by atoms with Crippen molar-refractivity contribution in [3.8, 4) is 5.75 Å². The number of benzene rings is 2. The van der Waals surface area contributed by atoms with Gasteiger partial charge in [-0.2, -0.15) is 0 Å². The Morgan fingerprint density at radius 3 is 2.42 bits per heavy atom. The van der Waals surface area contributed by atoms with E-state index in [0.717, 1.165) is 17.5 Å². The molecule has 31 heavy (non-hydrogen) atoms. The van der Waals surface area contributed by atoms with E-state index in [-0.39, 0.29) is 23.9 Å². The van der Waals surface area contributed by atoms with Crippen LogP contribution in [0.4, 0.5) is 0 Å². The van der Waals surface area contributed by atoms with Crippen LogP contribution >= 0.6 is 0 Å². The van der Waals surface area contributed by atoms with E-state index in [4.69, 9.17) is 4.74 Å². The van der Waals surface area contributed by atoms with Crippen molar-refractivity contribution in [3.05, 3.63) is 65.2 Å². The molecule has 5 nitrogen and oxygen atoms in total. The van der Waals surface area contributed by atoms with Crippen LogP contribution in [-0.4, -0.2) is 35.4 Å². The smallest absolute Gasteiger partial charge is 0.260 e. The van der Waals surface area contributed by atoms with Crippen LogP contribution in [0.15, 0.2) is 48.5 Å². The summed E-state index contributed by atoms with van der Waals surface area (Å²) in [5, 5.41) is 2.88. The van der Waals surface area contributed by atoms with Crippen LogP contribution in [0, 0.1) is 5.92 Å². The Labute approximate surface area is 185 Å². The molecule has 1 aliphatic rings. The summed E-state index contributed by atoms with van der Waals surface area (Å²) in [6, 6.07) is 16.0. The van der Waals surface area contributed by atoms with Crippen LogP contribution in [0.3, 0.4) is 0 Å². The molecule has 2 atom stereocenters. The van der Waals surface area contributed by atoms with E-state index in [1.54, 1.807) is 6.92 Å². The highest BCUT2D eigenvalue weighted by Gasteiger charge is 2.32. The predicted molar refractivity (Wildman–Crippen MR) is 123 cm³/mol. The van der Waals surface area contributed by atoms with E-state index in [1.807, 2.05) is 49.1 Å². The molecule has 1 heterocycles. The average molecular weight is 423 g/mol. The summed E-state index contributed by atoms with van der Waals surface area (Å²) in [7, 11) is 0. The molecule has 2 aromatic carbocycles. The lowest BCUT2D eigenvalue weighted by Crippen LogP contribution is -2.41. The minimum Gasteiger partial charge on any atom is -0.481 e. The Bertz CT molecular complexity index is 908. The van der Waals surface area contributed by atoms with Gasteiger partial charge in [-0.3, -0.25) is 9.59 Å². The molecule has 0 aliphatic carbocycles. The van der Waals surface area contributed by atoms with E-state index >= 15 is 0 Å². The average Bonchev–Trinajstić information content (AvgIpc) is 2.72. The molecule has 0 saturated carbocycles. The maximum Gasteiger partial charge on any atom is 0.260 e. The third-order valence-electron chi connectivity index (χ3n) is 5.48. The van der Waals surface area contributed by atoms with Gasteiger partial charge in [0.2, 0.25) is 5.91 Å². The standard InChI is InChI=1S/C26H34N2O3/c1-17(2)15-24(29)28-14-13-20-11-12-22(31-19(5)26(30)27-18(3)4)16-23(20)25(28)21-9-7-6-8-10-21/h6-12,16-19,25H,13-15H2,1-5H3,(H,27,30)/t19-,25+/m1/s1. The van der Waals surface area contributed by atoms with Crippen molar-refractivity contribution in [3.63, 3.8) is 0 Å². The molecule has 1 aliphatic heterocycles. The van der Waals surface area contributed by atoms with E-state index in [1.165, 1.54) is 5.56 Å². The van der Waals surface area contributed by atoms with Crippen molar-refractivity contribution in [2.45, 2.75) is 65.6 Å². The summed E-state index contributed by atoms with van der Waals surface area (Å²) < 4.78 is 5.97. The van der Waals surface area contributed by atoms with Crippen LogP contribution in [0.2, 0.25) is 0 Å². The first kappa shape index (κ1) is 22.9. The number of ether oxygens (including phenoxy) is 1. The van der Waals surface area contributed by atoms with Gasteiger partial charge in [0.05, 0.1) is 6.04 Å². The van der Waals surface area contributed by atoms with Crippen LogP contribution in [0.5, 0.6) is 5.75 Å². The summed E-state index contributed by atoms with van der Waals surface area (Å²) in [5.74, 6) is 0.983. The molecule has 1 N–H and O–H groups in total. The molecule has 2 amide bonds. The first-order valence-electron chi connectivity index (χ1n) is 11.2. The second kappa shape index (κ2) is 9.99. The molecule has 5 heteroatoms. The van der Waals surface area contributed by atoms with Crippen LogP contribution in [-0.2, 0) is 16.0 Å². The van der Waals surface area contributed by atoms with Crippen LogP contribution in [0.25, 0.3) is 0 Å². The molecule has 0 unspecified atom stereocenters. The SMILES string of the molecule is CC(C)CC(=O)N1CCc2ccc(O[C@H](C)C(=O)NC(C)C)cc2[C@@H]1c1ccccc1. The number of rotatable bonds is 7. The number of nitrogens with one attached hydrogen (secondary N) is 1. The minimum atomic E-state index is -0.599. The zero-order chi connectivity index (χ0) is 22.5. The van der Waals surface area contributed by atoms with E-state index in [9.17, 15) is 9.59 Å². The Morgan fingerprint density at radius 2 is 1.77 bits per heavy atom. The van der Waals surface area contributed by atoms with Gasteiger partial charge in [-0.25, -0.2) is 0 Å². The van der Waals surface area contributed by atoms with Gasteiger partial charge in [-0.05, 0) is 61.9 Å². The maximum atomic E-state index is 13.1. The highest BCUT2D eigenvalue weighted by molar-refractivity contribution is 5.81. The largest absolute Gasteiger partial charge is 0.481 e. The van der Waals surface area contributed by atoms with Crippen molar-refractivity contribution < 1.29 is 14.3 Å². The first-order valence-corrected chi connectivity index (χ1v) is 11.2. The summed E-state index contributed by atoms with van der Waals surface area (Å²) >= 11 is 0. The molecule has 0 saturated heterocycles. The van der Waals surface area contributed by atoms with Gasteiger partial charge in [0, 0.05) is 19.0 Å². The minimum absolute atomic E-state index is 0.0603. The van der Waals surface area contributed by atoms with Crippen molar-refractivity contribution >= 4 is 11.8 Å². The molecule has 0 radical (unpaired) electrons. The zero-order valence-electron chi connectivity index (χ0n) is 19.2. The molecular formula is C26H34N2O3. The van der Waals surface area contributed by atoms with Crippen LogP contribution in [0.1, 0.15) is 63.8 Å². The fraction of sp³-hybridized carbons (Fsp3) is 0.462. The third-order valence-corrected chi connectivity index (χ3v) is 5.48. The van der Waals surface area contributed by atoms with Crippen LogP contribution < -0.4 is 10.1 Å². The summed E-state index contributed by atoms with van der Waals surface area (Å²) in [6.07, 6.45) is 0.742. The second-order valence-corrected chi connectivity index (χ2v) is 9.03. The van der Waals surface area contributed by atoms with Gasteiger partial charge in [0.25, 0.3) is 5.91 Å². The zero-order valence-corrected chi connectivity index (χ0v) is 19.2. The number of hydrogen-bond acceptors (Lipinski definition) is 3. The molecule has 0 spiro atoms. The van der Waals surface area contributed by atoms with E-state index < -0.39 is 6.10 Å². The first-order chi connectivity index (χ1) is 14.8. The van der Waals surface area contributed by atoms with Crippen molar-refractivity contribution in [1.82, 2.24) is 10.2 Å². The molecule has 166 valence electrons. The molecular weight excluding hydrogens is 388 g/mol. The number of fused-ring (bicyclic) bond motifs is 1. The predicted octanol–water partition coefficient (Wildman–Crippen LogP) is 4.50. The lowest BCUT2D eigenvalue weighted by atomic mass is 9.87. The Kier molecular flexibility index (Phi) is 7.37. The van der Waals surface area contributed by atoms with Crippen molar-refractivity contribution in [2.75, 3.05) is 6.54 Å². The summed E-state index contributed by atoms with van der Waals surface area (Å²) in [4.78, 5) is 27.4. The number of nitrogens with zero attached hydrogens (tertiary/aromatic N) is 1. The van der Waals surface area contributed by atoms with Gasteiger partial charge in [-0.1, -0.05) is 50.2 Å². The molecule has 0 fully saturated rings. The van der Waals surface area contributed by atoms with Gasteiger partial charge in [-0.15, -0.1) is 0 Å². The summed E-state index contributed by atoms with van der Waals surface area (Å²) in [6.45, 7) is 10.5. The topological polar surface area (TPSA) is 58.6 Å². The number of amides is 2. The van der Waals surface area contributed by atoms with Crippen molar-refractivity contribution in [2.24, 2.45) is 5.92 Å². The summed E-state index contributed by atoms with van der Waals surface area (Å²) in [5.41, 5.74) is 3.38. The number of hydrogen-bond donors (Lipinski definition) is 1. The Balaban J connectivity index is 1.94. The van der Waals surface area contributed by atoms with Gasteiger partial charge < -0.3 is 15.0 Å². The van der Waals surface area contributed by atoms with E-state index in [2.05, 4.69) is 37.4 Å². The molecule has 0 aromatic heterocycles. The number of carbonyl (C=O) groups is 2. The Morgan fingerprint density at radius 1 is 1.06 bits per heavy atom. The maximum absolute atomic E-state index is 13.1. The lowest BCUT2D eigenvalue weighted by Gasteiger charge is -2.38. The normalized spacial score (nSPS) is 16.7. The second-order valence-electron chi connectivity index (χ2n) is 9.03. The highest BCUT2D eigenvalue weighted by atomic mass is 16.5. The quantitative estimate of drug-likeness (QED) is 0.715. The van der Waals surface area contributed by atoms with E-state index in [0.29, 0.717) is 24.6 Å². The monoisotopic (exact) mass is 422 g/mol. The Hall–Kier alpha value is -2.82. The third kappa shape index (κ3) is 5.66. The fourth-order valence-electron chi connectivity index (χ4n) is 4.06. The van der Waals surface area contributed by atoms with Gasteiger partial charge in [0.15, 0.2) is 6.10 Å². The fourth-order valence-corrected chi connectivity index (χ4v) is 4.06. The van der Waals surface area contributed by atoms with Gasteiger partial charge in [0.1, 0.15) is 5.75 Å². The molecule has 0 bridgehead atoms. The molecule has 2 aromatic rings. The number of carbonyl (C=O) groups excluding carboxylic acids is 2. The highest BCUT2D eigenvalue weighted by Crippen LogP contribution is 2.37. The van der Waals surface area contributed by atoms with Crippen molar-refractivity contribution in [1.29, 1.82) is 0 Å².